The van der Waals surface area contributed by atoms with Crippen molar-refractivity contribution >= 4 is 70.4 Å². The van der Waals surface area contributed by atoms with E-state index in [4.69, 9.17) is 0 Å². The molecule has 0 amide bonds. The topological polar surface area (TPSA) is 8.17 Å². The first-order valence-electron chi connectivity index (χ1n) is 19.4. The first-order chi connectivity index (χ1) is 28.3. The fourth-order valence-corrected chi connectivity index (χ4v) is 9.66. The van der Waals surface area contributed by atoms with Gasteiger partial charge in [-0.1, -0.05) is 152 Å². The third-order valence-electron chi connectivity index (χ3n) is 11.2. The van der Waals surface area contributed by atoms with Gasteiger partial charge in [0.1, 0.15) is 0 Å². The fraction of sp³-hybridized carbons (Fsp3) is 0. The lowest BCUT2D eigenvalue weighted by molar-refractivity contribution is 1.18. The number of aromatic nitrogens is 1. The number of nitrogens with zero attached hydrogens (tertiary/aromatic N) is 2. The largest absolute Gasteiger partial charge is 0.310 e. The molecule has 0 unspecified atom stereocenters. The highest BCUT2D eigenvalue weighted by atomic mass is 32.1. The zero-order chi connectivity index (χ0) is 37.7. The molecule has 0 saturated carbocycles. The normalized spacial score (nSPS) is 11.5. The average Bonchev–Trinajstić information content (AvgIpc) is 3.83. The van der Waals surface area contributed by atoms with Crippen LogP contribution in [0, 0.1) is 0 Å². The van der Waals surface area contributed by atoms with Gasteiger partial charge in [-0.25, -0.2) is 0 Å². The summed E-state index contributed by atoms with van der Waals surface area (Å²) in [6, 6.07) is 79.3. The molecule has 2 aromatic heterocycles. The fourth-order valence-electron chi connectivity index (χ4n) is 8.57. The summed E-state index contributed by atoms with van der Waals surface area (Å²) >= 11 is 1.85. The van der Waals surface area contributed by atoms with E-state index in [9.17, 15) is 0 Å². The lowest BCUT2D eigenvalue weighted by Gasteiger charge is -2.26. The molecule has 0 atom stereocenters. The Morgan fingerprint density at radius 1 is 0.333 bits per heavy atom. The molecule has 0 N–H and O–H groups in total. The molecule has 2 nitrogen and oxygen atoms in total. The molecule has 0 aliphatic rings. The van der Waals surface area contributed by atoms with Gasteiger partial charge in [0.25, 0.3) is 0 Å². The predicted molar refractivity (Wildman–Crippen MR) is 245 cm³/mol. The van der Waals surface area contributed by atoms with Crippen LogP contribution in [0.15, 0.2) is 218 Å². The second-order valence-corrected chi connectivity index (χ2v) is 15.6. The first-order valence-corrected chi connectivity index (χ1v) is 20.2. The average molecular weight is 745 g/mol. The van der Waals surface area contributed by atoms with Crippen LogP contribution in [0.5, 0.6) is 0 Å². The van der Waals surface area contributed by atoms with Gasteiger partial charge in [-0.05, 0) is 94.5 Å². The molecular weight excluding hydrogens is 709 g/mol. The molecule has 57 heavy (non-hydrogen) atoms. The molecule has 0 radical (unpaired) electrons. The molecule has 3 heteroatoms. The summed E-state index contributed by atoms with van der Waals surface area (Å²) in [6.07, 6.45) is 0. The van der Waals surface area contributed by atoms with Crippen LogP contribution in [-0.2, 0) is 0 Å². The summed E-state index contributed by atoms with van der Waals surface area (Å²) in [7, 11) is 0. The van der Waals surface area contributed by atoms with E-state index in [1.807, 2.05) is 11.3 Å². The second kappa shape index (κ2) is 13.8. The number of benzene rings is 9. The first kappa shape index (κ1) is 33.2. The molecule has 268 valence electrons. The maximum atomic E-state index is 2.45. The minimum atomic E-state index is 1.10. The molecular formula is C54H36N2S. The van der Waals surface area contributed by atoms with Crippen molar-refractivity contribution in [2.24, 2.45) is 0 Å². The number of hydrogen-bond acceptors (Lipinski definition) is 2. The molecule has 0 saturated heterocycles. The van der Waals surface area contributed by atoms with Crippen LogP contribution >= 0.6 is 11.3 Å². The van der Waals surface area contributed by atoms with Crippen LogP contribution < -0.4 is 4.90 Å². The van der Waals surface area contributed by atoms with Crippen LogP contribution in [0.2, 0.25) is 0 Å². The number of para-hydroxylation sites is 2. The standard InChI is InChI=1S/C54H36N2S/c1-3-14-37(15-4-1)38-26-30-41(31-27-38)55(43-34-35-53-48(36-43)46-19-9-12-25-52(46)57-53)42-32-28-40(29-33-42)44-18-7-10-22-49(44)56-50-23-11-8-20-47(50)54-45(21-13-24-51(54)56)39-16-5-2-6-17-39/h1-36H. The van der Waals surface area contributed by atoms with Gasteiger partial charge in [-0.15, -0.1) is 11.3 Å². The second-order valence-electron chi connectivity index (χ2n) is 14.5. The SMILES string of the molecule is c1ccc(-c2ccc(N(c3ccc(-c4ccccc4-n4c5ccccc5c5c(-c6ccccc6)cccc54)cc3)c3ccc4sc5ccccc5c4c3)cc2)cc1. The minimum Gasteiger partial charge on any atom is -0.310 e. The zero-order valence-corrected chi connectivity index (χ0v) is 31.9. The van der Waals surface area contributed by atoms with Crippen LogP contribution in [0.3, 0.4) is 0 Å². The quantitative estimate of drug-likeness (QED) is 0.158. The van der Waals surface area contributed by atoms with Crippen molar-refractivity contribution in [2.75, 3.05) is 4.90 Å². The molecule has 0 spiro atoms. The predicted octanol–water partition coefficient (Wildman–Crippen LogP) is 15.6. The van der Waals surface area contributed by atoms with E-state index in [2.05, 4.69) is 228 Å². The lowest BCUT2D eigenvalue weighted by Crippen LogP contribution is -2.09. The van der Waals surface area contributed by atoms with E-state index in [1.165, 1.54) is 69.8 Å². The molecule has 2 heterocycles. The van der Waals surface area contributed by atoms with Crippen molar-refractivity contribution in [1.29, 1.82) is 0 Å². The van der Waals surface area contributed by atoms with Crippen molar-refractivity contribution in [3.05, 3.63) is 218 Å². The summed E-state index contributed by atoms with van der Waals surface area (Å²) in [4.78, 5) is 2.38. The summed E-state index contributed by atoms with van der Waals surface area (Å²) in [5.41, 5.74) is 14.1. The van der Waals surface area contributed by atoms with Gasteiger partial charge >= 0.3 is 0 Å². The van der Waals surface area contributed by atoms with Gasteiger partial charge in [-0.3, -0.25) is 0 Å². The van der Waals surface area contributed by atoms with Gasteiger partial charge in [0, 0.05) is 53.6 Å². The molecule has 0 fully saturated rings. The van der Waals surface area contributed by atoms with Gasteiger partial charge in [-0.2, -0.15) is 0 Å². The Labute approximate surface area is 335 Å². The smallest absolute Gasteiger partial charge is 0.0547 e. The Balaban J connectivity index is 1.04. The Morgan fingerprint density at radius 3 is 1.63 bits per heavy atom. The lowest BCUT2D eigenvalue weighted by atomic mass is 9.99. The maximum Gasteiger partial charge on any atom is 0.0547 e. The van der Waals surface area contributed by atoms with Crippen molar-refractivity contribution in [3.63, 3.8) is 0 Å². The maximum absolute atomic E-state index is 2.45. The van der Waals surface area contributed by atoms with Crippen LogP contribution in [-0.4, -0.2) is 4.57 Å². The summed E-state index contributed by atoms with van der Waals surface area (Å²) in [5, 5.41) is 5.10. The number of rotatable bonds is 7. The summed E-state index contributed by atoms with van der Waals surface area (Å²) in [5.74, 6) is 0. The minimum absolute atomic E-state index is 1.10. The zero-order valence-electron chi connectivity index (χ0n) is 31.1. The molecule has 0 aliphatic heterocycles. The highest BCUT2D eigenvalue weighted by molar-refractivity contribution is 7.25. The van der Waals surface area contributed by atoms with E-state index >= 15 is 0 Å². The number of hydrogen-bond donors (Lipinski definition) is 0. The summed E-state index contributed by atoms with van der Waals surface area (Å²) in [6.45, 7) is 0. The van der Waals surface area contributed by atoms with E-state index in [-0.39, 0.29) is 0 Å². The Kier molecular flexibility index (Phi) is 8.04. The Hall–Kier alpha value is -7.20. The number of anilines is 3. The Bertz CT molecular complexity index is 3210. The van der Waals surface area contributed by atoms with Crippen molar-refractivity contribution < 1.29 is 0 Å². The van der Waals surface area contributed by atoms with Crippen LogP contribution in [0.1, 0.15) is 0 Å². The van der Waals surface area contributed by atoms with E-state index in [0.717, 1.165) is 28.3 Å². The number of fused-ring (bicyclic) bond motifs is 6. The third-order valence-corrected chi connectivity index (χ3v) is 12.4. The third kappa shape index (κ3) is 5.71. The molecule has 11 rings (SSSR count). The highest BCUT2D eigenvalue weighted by Gasteiger charge is 2.19. The molecule has 9 aromatic carbocycles. The van der Waals surface area contributed by atoms with E-state index in [1.54, 1.807) is 0 Å². The van der Waals surface area contributed by atoms with Gasteiger partial charge in [0.2, 0.25) is 0 Å². The monoisotopic (exact) mass is 744 g/mol. The van der Waals surface area contributed by atoms with Crippen LogP contribution in [0.4, 0.5) is 17.1 Å². The van der Waals surface area contributed by atoms with Crippen molar-refractivity contribution in [1.82, 2.24) is 4.57 Å². The van der Waals surface area contributed by atoms with E-state index in [0.29, 0.717) is 0 Å². The van der Waals surface area contributed by atoms with Gasteiger partial charge in [0.05, 0.1) is 16.7 Å². The van der Waals surface area contributed by atoms with Gasteiger partial charge in [0.15, 0.2) is 0 Å². The molecule has 0 bridgehead atoms. The van der Waals surface area contributed by atoms with Gasteiger partial charge < -0.3 is 9.47 Å². The highest BCUT2D eigenvalue weighted by Crippen LogP contribution is 2.43. The van der Waals surface area contributed by atoms with Crippen molar-refractivity contribution in [3.8, 4) is 39.1 Å². The molecule has 0 aliphatic carbocycles. The summed E-state index contributed by atoms with van der Waals surface area (Å²) < 4.78 is 5.06. The number of thiophene rings is 1. The molecule has 11 aromatic rings. The van der Waals surface area contributed by atoms with Crippen LogP contribution in [0.25, 0.3) is 81.0 Å². The Morgan fingerprint density at radius 2 is 0.860 bits per heavy atom. The van der Waals surface area contributed by atoms with E-state index < -0.39 is 0 Å². The van der Waals surface area contributed by atoms with Crippen molar-refractivity contribution in [2.45, 2.75) is 0 Å².